The zero-order valence-corrected chi connectivity index (χ0v) is 17.3. The van der Waals surface area contributed by atoms with Gasteiger partial charge in [0.2, 0.25) is 5.91 Å². The molecule has 4 rings (SSSR count). The Kier molecular flexibility index (Phi) is 6.05. The summed E-state index contributed by atoms with van der Waals surface area (Å²) in [5.41, 5.74) is 2.73. The standard InChI is InChI=1S/C23H25ClN2O3/c1-28-22-12-5-3-10-19(22)21-13-18(29-25-21)15-26(23(27)16-8-6-9-16)14-17-7-2-4-11-20(17)24/h2-5,7,10-12,16,18H,6,8-9,13-15H2,1H3/t18-/m1/s1. The largest absolute Gasteiger partial charge is 0.496 e. The summed E-state index contributed by atoms with van der Waals surface area (Å²) in [7, 11) is 1.65. The molecule has 0 N–H and O–H groups in total. The first kappa shape index (κ1) is 19.8. The van der Waals surface area contributed by atoms with Crippen LogP contribution in [0.5, 0.6) is 5.75 Å². The number of benzene rings is 2. The van der Waals surface area contributed by atoms with E-state index in [-0.39, 0.29) is 17.9 Å². The van der Waals surface area contributed by atoms with Gasteiger partial charge >= 0.3 is 0 Å². The lowest BCUT2D eigenvalue weighted by Crippen LogP contribution is -2.42. The molecule has 1 atom stereocenters. The molecule has 1 aliphatic heterocycles. The minimum absolute atomic E-state index is 0.119. The van der Waals surface area contributed by atoms with Crippen molar-refractivity contribution in [3.8, 4) is 5.75 Å². The molecular weight excluding hydrogens is 388 g/mol. The minimum Gasteiger partial charge on any atom is -0.496 e. The van der Waals surface area contributed by atoms with Gasteiger partial charge in [0, 0.05) is 29.5 Å². The second-order valence-electron chi connectivity index (χ2n) is 7.61. The summed E-state index contributed by atoms with van der Waals surface area (Å²) < 4.78 is 5.44. The molecule has 5 nitrogen and oxygen atoms in total. The van der Waals surface area contributed by atoms with Crippen molar-refractivity contribution in [3.63, 3.8) is 0 Å². The summed E-state index contributed by atoms with van der Waals surface area (Å²) in [6.07, 6.45) is 3.51. The van der Waals surface area contributed by atoms with Crippen LogP contribution in [0.1, 0.15) is 36.8 Å². The van der Waals surface area contributed by atoms with Gasteiger partial charge in [-0.1, -0.05) is 53.5 Å². The summed E-state index contributed by atoms with van der Waals surface area (Å²) in [6, 6.07) is 15.4. The van der Waals surface area contributed by atoms with Gasteiger partial charge in [-0.05, 0) is 36.6 Å². The second-order valence-corrected chi connectivity index (χ2v) is 8.02. The maximum atomic E-state index is 13.1. The van der Waals surface area contributed by atoms with Gasteiger partial charge in [-0.3, -0.25) is 4.79 Å². The van der Waals surface area contributed by atoms with Crippen molar-refractivity contribution >= 4 is 23.2 Å². The van der Waals surface area contributed by atoms with Gasteiger partial charge in [0.05, 0.1) is 19.4 Å². The highest BCUT2D eigenvalue weighted by molar-refractivity contribution is 6.31. The zero-order valence-electron chi connectivity index (χ0n) is 16.5. The molecule has 29 heavy (non-hydrogen) atoms. The van der Waals surface area contributed by atoms with Gasteiger partial charge in [0.25, 0.3) is 0 Å². The number of ether oxygens (including phenoxy) is 1. The number of carbonyl (C=O) groups is 1. The Morgan fingerprint density at radius 3 is 2.69 bits per heavy atom. The van der Waals surface area contributed by atoms with Crippen molar-refractivity contribution < 1.29 is 14.4 Å². The Morgan fingerprint density at radius 2 is 1.97 bits per heavy atom. The lowest BCUT2D eigenvalue weighted by Gasteiger charge is -2.33. The number of methoxy groups -OCH3 is 1. The molecule has 2 aliphatic rings. The Hall–Kier alpha value is -2.53. The molecule has 152 valence electrons. The normalized spacial score (nSPS) is 18.6. The van der Waals surface area contributed by atoms with Crippen molar-refractivity contribution in [1.82, 2.24) is 4.90 Å². The van der Waals surface area contributed by atoms with Gasteiger partial charge in [-0.15, -0.1) is 0 Å². The van der Waals surface area contributed by atoms with E-state index in [0.29, 0.717) is 24.5 Å². The third-order valence-corrected chi connectivity index (χ3v) is 6.03. The number of para-hydroxylation sites is 1. The lowest BCUT2D eigenvalue weighted by atomic mass is 9.84. The maximum absolute atomic E-state index is 13.1. The number of hydrogen-bond donors (Lipinski definition) is 0. The molecule has 0 spiro atoms. The minimum atomic E-state index is -0.179. The van der Waals surface area contributed by atoms with E-state index in [4.69, 9.17) is 21.2 Å². The van der Waals surface area contributed by atoms with E-state index in [1.54, 1.807) is 7.11 Å². The average Bonchev–Trinajstić information content (AvgIpc) is 3.16. The number of halogens is 1. The molecule has 0 saturated heterocycles. The molecule has 1 aliphatic carbocycles. The first-order chi connectivity index (χ1) is 14.2. The Labute approximate surface area is 176 Å². The molecule has 6 heteroatoms. The van der Waals surface area contributed by atoms with Crippen LogP contribution in [0.2, 0.25) is 5.02 Å². The fourth-order valence-corrected chi connectivity index (χ4v) is 3.99. The topological polar surface area (TPSA) is 51.1 Å². The Bertz CT molecular complexity index is 911. The maximum Gasteiger partial charge on any atom is 0.226 e. The van der Waals surface area contributed by atoms with Gasteiger partial charge < -0.3 is 14.5 Å². The second kappa shape index (κ2) is 8.87. The average molecular weight is 413 g/mol. The molecule has 1 fully saturated rings. The van der Waals surface area contributed by atoms with Crippen LogP contribution < -0.4 is 4.74 Å². The van der Waals surface area contributed by atoms with E-state index in [2.05, 4.69) is 5.16 Å². The Morgan fingerprint density at radius 1 is 1.21 bits per heavy atom. The van der Waals surface area contributed by atoms with Gasteiger partial charge in [-0.25, -0.2) is 0 Å². The number of oxime groups is 1. The monoisotopic (exact) mass is 412 g/mol. The van der Waals surface area contributed by atoms with Gasteiger partial charge in [0.15, 0.2) is 6.10 Å². The van der Waals surface area contributed by atoms with Crippen molar-refractivity contribution in [2.45, 2.75) is 38.3 Å². The molecular formula is C23H25ClN2O3. The molecule has 0 aromatic heterocycles. The number of nitrogens with zero attached hydrogens (tertiary/aromatic N) is 2. The molecule has 1 heterocycles. The first-order valence-electron chi connectivity index (χ1n) is 10.0. The van der Waals surface area contributed by atoms with Crippen LogP contribution in [-0.4, -0.2) is 36.3 Å². The fourth-order valence-electron chi connectivity index (χ4n) is 3.79. The highest BCUT2D eigenvalue weighted by atomic mass is 35.5. The fraction of sp³-hybridized carbons (Fsp3) is 0.391. The van der Waals surface area contributed by atoms with E-state index in [1.807, 2.05) is 53.4 Å². The van der Waals surface area contributed by atoms with Crippen LogP contribution in [0.4, 0.5) is 0 Å². The van der Waals surface area contributed by atoms with E-state index in [0.717, 1.165) is 41.9 Å². The SMILES string of the molecule is COc1ccccc1C1=NO[C@@H](CN(Cc2ccccc2Cl)C(=O)C2CCC2)C1. The van der Waals surface area contributed by atoms with E-state index in [1.165, 1.54) is 0 Å². The summed E-state index contributed by atoms with van der Waals surface area (Å²) in [5.74, 6) is 1.08. The van der Waals surface area contributed by atoms with E-state index in [9.17, 15) is 4.79 Å². The molecule has 1 saturated carbocycles. The number of amides is 1. The van der Waals surface area contributed by atoms with Crippen molar-refractivity contribution in [3.05, 3.63) is 64.7 Å². The van der Waals surface area contributed by atoms with Crippen LogP contribution in [0.25, 0.3) is 0 Å². The quantitative estimate of drug-likeness (QED) is 0.664. The summed E-state index contributed by atoms with van der Waals surface area (Å²) in [5, 5.41) is 4.96. The lowest BCUT2D eigenvalue weighted by molar-refractivity contribution is -0.140. The molecule has 0 unspecified atom stereocenters. The van der Waals surface area contributed by atoms with Crippen LogP contribution in [0.15, 0.2) is 53.7 Å². The highest BCUT2D eigenvalue weighted by Crippen LogP contribution is 2.31. The number of rotatable bonds is 7. The molecule has 2 aromatic rings. The number of carbonyl (C=O) groups excluding carboxylic acids is 1. The van der Waals surface area contributed by atoms with Crippen molar-refractivity contribution in [2.75, 3.05) is 13.7 Å². The van der Waals surface area contributed by atoms with Crippen LogP contribution in [0.3, 0.4) is 0 Å². The van der Waals surface area contributed by atoms with Gasteiger partial charge in [-0.2, -0.15) is 0 Å². The number of hydrogen-bond acceptors (Lipinski definition) is 4. The van der Waals surface area contributed by atoms with E-state index >= 15 is 0 Å². The van der Waals surface area contributed by atoms with Crippen molar-refractivity contribution in [1.29, 1.82) is 0 Å². The van der Waals surface area contributed by atoms with Crippen LogP contribution in [-0.2, 0) is 16.2 Å². The third-order valence-electron chi connectivity index (χ3n) is 5.66. The summed E-state index contributed by atoms with van der Waals surface area (Å²) in [6.45, 7) is 0.974. The predicted octanol–water partition coefficient (Wildman–Crippen LogP) is 4.67. The highest BCUT2D eigenvalue weighted by Gasteiger charge is 2.33. The third kappa shape index (κ3) is 4.40. The summed E-state index contributed by atoms with van der Waals surface area (Å²) in [4.78, 5) is 20.6. The van der Waals surface area contributed by atoms with Crippen LogP contribution in [0, 0.1) is 5.92 Å². The molecule has 1 amide bonds. The first-order valence-corrected chi connectivity index (χ1v) is 10.4. The zero-order chi connectivity index (χ0) is 20.2. The predicted molar refractivity (Wildman–Crippen MR) is 113 cm³/mol. The summed E-state index contributed by atoms with van der Waals surface area (Å²) >= 11 is 6.35. The smallest absolute Gasteiger partial charge is 0.226 e. The molecule has 0 radical (unpaired) electrons. The van der Waals surface area contributed by atoms with E-state index < -0.39 is 0 Å². The van der Waals surface area contributed by atoms with Crippen molar-refractivity contribution in [2.24, 2.45) is 11.1 Å². The van der Waals surface area contributed by atoms with Crippen LogP contribution >= 0.6 is 11.6 Å². The molecule has 2 aromatic carbocycles. The Balaban J connectivity index is 1.47. The molecule has 0 bridgehead atoms. The van der Waals surface area contributed by atoms with Gasteiger partial charge in [0.1, 0.15) is 5.75 Å².